The van der Waals surface area contributed by atoms with E-state index >= 15 is 0 Å². The molecule has 0 saturated carbocycles. The minimum atomic E-state index is -3.27. The molecule has 1 N–H and O–H groups in total. The van der Waals surface area contributed by atoms with Crippen molar-refractivity contribution in [2.45, 2.75) is 147 Å². The standard InChI is InChI=1S/C24H45N2O6/c1-2-3-4-5-6-7-8-9-10-11-12-13-14-15-16-17-18-19-20-21-23(28)24(22-27,25(29)30)26(31)32/h23,28H,2-21H2,1H3. The Balaban J connectivity index is 3.49. The van der Waals surface area contributed by atoms with Gasteiger partial charge >= 0.3 is 11.9 Å². The molecule has 0 aliphatic heterocycles. The average molecular weight is 458 g/mol. The second kappa shape index (κ2) is 20.1. The van der Waals surface area contributed by atoms with Crippen molar-refractivity contribution in [3.05, 3.63) is 20.2 Å². The summed E-state index contributed by atoms with van der Waals surface area (Å²) < 4.78 is 0. The number of unbranched alkanes of at least 4 members (excludes halogenated alkanes) is 18. The Hall–Kier alpha value is -1.57. The van der Waals surface area contributed by atoms with Gasteiger partial charge in [0.1, 0.15) is 9.85 Å². The van der Waals surface area contributed by atoms with Gasteiger partial charge in [0.25, 0.3) is 0 Å². The third kappa shape index (κ3) is 13.1. The van der Waals surface area contributed by atoms with Crippen LogP contribution in [0.15, 0.2) is 0 Å². The summed E-state index contributed by atoms with van der Waals surface area (Å²) in [6.45, 7) is 2.25. The summed E-state index contributed by atoms with van der Waals surface area (Å²) in [5, 5.41) is 31.6. The van der Waals surface area contributed by atoms with Crippen LogP contribution in [-0.4, -0.2) is 33.0 Å². The Kier molecular flexibility index (Phi) is 19.1. The molecular formula is C24H45N2O6. The van der Waals surface area contributed by atoms with Crippen LogP contribution in [0.1, 0.15) is 135 Å². The fourth-order valence-electron chi connectivity index (χ4n) is 4.07. The first-order valence-electron chi connectivity index (χ1n) is 12.8. The molecule has 0 rings (SSSR count). The zero-order valence-electron chi connectivity index (χ0n) is 20.1. The van der Waals surface area contributed by atoms with Crippen LogP contribution < -0.4 is 0 Å². The van der Waals surface area contributed by atoms with Crippen LogP contribution in [0.3, 0.4) is 0 Å². The van der Waals surface area contributed by atoms with Crippen LogP contribution in [0.5, 0.6) is 0 Å². The molecule has 1 radical (unpaired) electrons. The van der Waals surface area contributed by atoms with Crippen molar-refractivity contribution in [1.29, 1.82) is 0 Å². The third-order valence-corrected chi connectivity index (χ3v) is 6.25. The first-order valence-corrected chi connectivity index (χ1v) is 12.8. The molecule has 0 aromatic heterocycles. The van der Waals surface area contributed by atoms with Crippen LogP contribution in [0.25, 0.3) is 0 Å². The van der Waals surface area contributed by atoms with Gasteiger partial charge in [-0.25, -0.2) is 0 Å². The fourth-order valence-corrected chi connectivity index (χ4v) is 4.07. The first-order chi connectivity index (χ1) is 15.4. The highest BCUT2D eigenvalue weighted by Crippen LogP contribution is 2.20. The van der Waals surface area contributed by atoms with Crippen molar-refractivity contribution in [2.75, 3.05) is 0 Å². The average Bonchev–Trinajstić information content (AvgIpc) is 2.75. The lowest BCUT2D eigenvalue weighted by Gasteiger charge is -2.16. The zero-order chi connectivity index (χ0) is 24.1. The van der Waals surface area contributed by atoms with Crippen LogP contribution in [0, 0.1) is 20.2 Å². The molecule has 0 aromatic rings. The maximum absolute atomic E-state index is 10.9. The maximum Gasteiger partial charge on any atom is 0.548 e. The molecule has 32 heavy (non-hydrogen) atoms. The molecule has 187 valence electrons. The maximum atomic E-state index is 10.9. The topological polar surface area (TPSA) is 124 Å². The van der Waals surface area contributed by atoms with Gasteiger partial charge in [0.05, 0.1) is 0 Å². The fraction of sp³-hybridized carbons (Fsp3) is 0.958. The second-order valence-corrected chi connectivity index (χ2v) is 9.01. The van der Waals surface area contributed by atoms with Crippen LogP contribution in [0.4, 0.5) is 0 Å². The molecule has 0 aliphatic rings. The minimum Gasteiger partial charge on any atom is -0.379 e. The van der Waals surface area contributed by atoms with Crippen LogP contribution in [0.2, 0.25) is 0 Å². The smallest absolute Gasteiger partial charge is 0.379 e. The SMILES string of the molecule is CCCCCCCCCCCCCCCCCCCCCC(O)C([C]=O)([N+](=O)[O-])[N+](=O)[O-]. The Morgan fingerprint density at radius 2 is 0.938 bits per heavy atom. The van der Waals surface area contributed by atoms with Gasteiger partial charge in [0.15, 0.2) is 0 Å². The van der Waals surface area contributed by atoms with E-state index < -0.39 is 21.6 Å². The highest BCUT2D eigenvalue weighted by atomic mass is 16.7. The van der Waals surface area contributed by atoms with Crippen LogP contribution >= 0.6 is 0 Å². The molecule has 0 aromatic carbocycles. The monoisotopic (exact) mass is 457 g/mol. The van der Waals surface area contributed by atoms with Gasteiger partial charge in [-0.2, -0.15) is 0 Å². The molecule has 0 fully saturated rings. The van der Waals surface area contributed by atoms with Gasteiger partial charge in [-0.05, 0) is 6.42 Å². The summed E-state index contributed by atoms with van der Waals surface area (Å²) in [6, 6.07) is 0. The molecular weight excluding hydrogens is 412 g/mol. The third-order valence-electron chi connectivity index (χ3n) is 6.25. The van der Waals surface area contributed by atoms with E-state index in [1.807, 2.05) is 0 Å². The lowest BCUT2D eigenvalue weighted by Crippen LogP contribution is -2.57. The summed E-state index contributed by atoms with van der Waals surface area (Å²) >= 11 is 0. The van der Waals surface area contributed by atoms with Gasteiger partial charge in [-0.1, -0.05) is 129 Å². The summed E-state index contributed by atoms with van der Waals surface area (Å²) in [7, 11) is 0. The second-order valence-electron chi connectivity index (χ2n) is 9.01. The molecule has 0 spiro atoms. The number of aliphatic hydroxyl groups excluding tert-OH is 1. The number of aliphatic hydroxyl groups is 1. The molecule has 0 saturated heterocycles. The predicted molar refractivity (Wildman–Crippen MR) is 126 cm³/mol. The van der Waals surface area contributed by atoms with Crippen molar-refractivity contribution in [3.8, 4) is 0 Å². The summed E-state index contributed by atoms with van der Waals surface area (Å²) in [4.78, 5) is 29.8. The normalized spacial score (nSPS) is 12.6. The molecule has 0 heterocycles. The summed E-state index contributed by atoms with van der Waals surface area (Å²) in [5.74, 6) is 0. The number of carbonyl (C=O) groups excluding carboxylic acids is 1. The number of rotatable bonds is 24. The van der Waals surface area contributed by atoms with E-state index in [-0.39, 0.29) is 6.42 Å². The largest absolute Gasteiger partial charge is 0.548 e. The summed E-state index contributed by atoms with van der Waals surface area (Å²) in [5.41, 5.74) is -3.27. The molecule has 0 bridgehead atoms. The predicted octanol–water partition coefficient (Wildman–Crippen LogP) is 6.53. The van der Waals surface area contributed by atoms with Gasteiger partial charge in [-0.15, -0.1) is 0 Å². The Bertz CT molecular complexity index is 487. The van der Waals surface area contributed by atoms with Gasteiger partial charge in [-0.3, -0.25) is 25.0 Å². The molecule has 1 atom stereocenters. The van der Waals surface area contributed by atoms with E-state index in [1.165, 1.54) is 89.9 Å². The van der Waals surface area contributed by atoms with E-state index in [2.05, 4.69) is 6.92 Å². The summed E-state index contributed by atoms with van der Waals surface area (Å²) in [6.07, 6.45) is 21.7. The zero-order valence-corrected chi connectivity index (χ0v) is 20.1. The molecule has 0 aliphatic carbocycles. The van der Waals surface area contributed by atoms with Gasteiger partial charge in [0, 0.05) is 0 Å². The quantitative estimate of drug-likeness (QED) is 0.0760. The van der Waals surface area contributed by atoms with Gasteiger partial charge in [0.2, 0.25) is 6.10 Å². The van der Waals surface area contributed by atoms with E-state index in [1.54, 1.807) is 0 Å². The first kappa shape index (κ1) is 30.4. The van der Waals surface area contributed by atoms with Crippen molar-refractivity contribution in [3.63, 3.8) is 0 Å². The molecule has 8 heteroatoms. The molecule has 0 amide bonds. The Morgan fingerprint density at radius 3 is 1.19 bits per heavy atom. The molecule has 8 nitrogen and oxygen atoms in total. The van der Waals surface area contributed by atoms with Crippen molar-refractivity contribution >= 4 is 6.29 Å². The van der Waals surface area contributed by atoms with Crippen molar-refractivity contribution in [1.82, 2.24) is 0 Å². The van der Waals surface area contributed by atoms with Gasteiger partial charge < -0.3 is 5.11 Å². The molecule has 1 unspecified atom stereocenters. The Labute approximate surface area is 193 Å². The minimum absolute atomic E-state index is 0.157. The highest BCUT2D eigenvalue weighted by molar-refractivity contribution is 5.61. The van der Waals surface area contributed by atoms with E-state index in [4.69, 9.17) is 0 Å². The lowest BCUT2D eigenvalue weighted by atomic mass is 9.98. The Morgan fingerprint density at radius 1 is 0.656 bits per heavy atom. The lowest BCUT2D eigenvalue weighted by molar-refractivity contribution is -0.781. The van der Waals surface area contributed by atoms with E-state index in [9.17, 15) is 30.1 Å². The van der Waals surface area contributed by atoms with Crippen LogP contribution in [-0.2, 0) is 4.79 Å². The van der Waals surface area contributed by atoms with E-state index in [0.29, 0.717) is 6.42 Å². The number of hydrogen-bond acceptors (Lipinski definition) is 6. The van der Waals surface area contributed by atoms with E-state index in [0.717, 1.165) is 32.0 Å². The number of nitro groups is 2. The van der Waals surface area contributed by atoms with Crippen molar-refractivity contribution < 1.29 is 19.7 Å². The highest BCUT2D eigenvalue weighted by Gasteiger charge is 2.64. The number of hydrogen-bond donors (Lipinski definition) is 1. The number of nitrogens with zero attached hydrogens (tertiary/aromatic N) is 2. The van der Waals surface area contributed by atoms with Crippen molar-refractivity contribution in [2.24, 2.45) is 0 Å².